The first-order valence-corrected chi connectivity index (χ1v) is 7.60. The van der Waals surface area contributed by atoms with Crippen molar-refractivity contribution in [3.05, 3.63) is 40.7 Å². The Morgan fingerprint density at radius 1 is 1.33 bits per heavy atom. The second-order valence-corrected chi connectivity index (χ2v) is 6.03. The Kier molecular flexibility index (Phi) is 3.92. The molecule has 3 N–H and O–H groups in total. The van der Waals surface area contributed by atoms with E-state index in [-0.39, 0.29) is 6.04 Å². The number of aromatic nitrogens is 3. The summed E-state index contributed by atoms with van der Waals surface area (Å²) in [5.74, 6) is 1.69. The number of anilines is 1. The lowest BCUT2D eigenvalue weighted by molar-refractivity contribution is 0.500. The van der Waals surface area contributed by atoms with Crippen molar-refractivity contribution in [1.29, 1.82) is 0 Å². The third-order valence-electron chi connectivity index (χ3n) is 4.20. The van der Waals surface area contributed by atoms with Gasteiger partial charge in [0.15, 0.2) is 0 Å². The second-order valence-electron chi connectivity index (χ2n) is 6.03. The average Bonchev–Trinajstić information content (AvgIpc) is 2.91. The van der Waals surface area contributed by atoms with Crippen LogP contribution >= 0.6 is 0 Å². The number of aryl methyl sites for hydroxylation is 2. The predicted molar refractivity (Wildman–Crippen MR) is 84.5 cm³/mol. The second kappa shape index (κ2) is 5.85. The first kappa shape index (κ1) is 14.1. The molecule has 5 heteroatoms. The van der Waals surface area contributed by atoms with E-state index < -0.39 is 0 Å². The van der Waals surface area contributed by atoms with Crippen LogP contribution in [0.2, 0.25) is 0 Å². The normalized spacial score (nSPS) is 19.0. The number of piperidine rings is 1. The third kappa shape index (κ3) is 3.24. The van der Waals surface area contributed by atoms with E-state index in [4.69, 9.17) is 5.73 Å². The molecular formula is C16H23N5. The molecule has 1 atom stereocenters. The van der Waals surface area contributed by atoms with Gasteiger partial charge < -0.3 is 10.6 Å². The van der Waals surface area contributed by atoms with Crippen LogP contribution in [0.4, 0.5) is 5.95 Å². The number of aromatic amines is 1. The summed E-state index contributed by atoms with van der Waals surface area (Å²) in [6.45, 7) is 6.11. The van der Waals surface area contributed by atoms with Crippen LogP contribution in [0.3, 0.4) is 0 Å². The van der Waals surface area contributed by atoms with Gasteiger partial charge in [-0.1, -0.05) is 18.2 Å². The van der Waals surface area contributed by atoms with Gasteiger partial charge in [0.1, 0.15) is 5.82 Å². The van der Waals surface area contributed by atoms with E-state index in [2.05, 4.69) is 52.1 Å². The first-order chi connectivity index (χ1) is 10.1. The minimum absolute atomic E-state index is 0.237. The van der Waals surface area contributed by atoms with Crippen LogP contribution in [0.5, 0.6) is 0 Å². The van der Waals surface area contributed by atoms with Crippen LogP contribution in [0, 0.1) is 13.8 Å². The predicted octanol–water partition coefficient (Wildman–Crippen LogP) is 1.94. The first-order valence-electron chi connectivity index (χ1n) is 7.60. The Labute approximate surface area is 125 Å². The number of H-pyrrole nitrogens is 1. The number of nitrogens with zero attached hydrogens (tertiary/aromatic N) is 3. The summed E-state index contributed by atoms with van der Waals surface area (Å²) in [4.78, 5) is 6.79. The van der Waals surface area contributed by atoms with E-state index in [9.17, 15) is 0 Å². The van der Waals surface area contributed by atoms with Gasteiger partial charge in [-0.25, -0.2) is 0 Å². The number of rotatable bonds is 3. The number of nitrogens with two attached hydrogens (primary N) is 1. The zero-order valence-electron chi connectivity index (χ0n) is 12.8. The highest BCUT2D eigenvalue weighted by molar-refractivity contribution is 5.33. The molecule has 0 bridgehead atoms. The molecule has 1 aromatic carbocycles. The van der Waals surface area contributed by atoms with Gasteiger partial charge in [0.05, 0.1) is 0 Å². The maximum Gasteiger partial charge on any atom is 0.244 e. The van der Waals surface area contributed by atoms with E-state index in [0.29, 0.717) is 0 Å². The van der Waals surface area contributed by atoms with Gasteiger partial charge in [0, 0.05) is 25.6 Å². The molecule has 1 unspecified atom stereocenters. The molecule has 5 nitrogen and oxygen atoms in total. The Hall–Kier alpha value is -1.88. The van der Waals surface area contributed by atoms with Crippen molar-refractivity contribution >= 4 is 5.95 Å². The maximum absolute atomic E-state index is 6.02. The molecule has 1 saturated heterocycles. The fourth-order valence-electron chi connectivity index (χ4n) is 2.80. The highest BCUT2D eigenvalue weighted by Crippen LogP contribution is 2.17. The summed E-state index contributed by atoms with van der Waals surface area (Å²) in [7, 11) is 0. The Balaban J connectivity index is 1.71. The molecule has 0 radical (unpaired) electrons. The van der Waals surface area contributed by atoms with Gasteiger partial charge in [-0.05, 0) is 43.4 Å². The summed E-state index contributed by atoms with van der Waals surface area (Å²) < 4.78 is 0. The monoisotopic (exact) mass is 285 g/mol. The molecule has 1 aliphatic rings. The topological polar surface area (TPSA) is 70.8 Å². The van der Waals surface area contributed by atoms with Crippen LogP contribution in [0.25, 0.3) is 0 Å². The summed E-state index contributed by atoms with van der Waals surface area (Å²) in [6.07, 6.45) is 2.99. The molecule has 0 saturated carbocycles. The quantitative estimate of drug-likeness (QED) is 0.904. The van der Waals surface area contributed by atoms with Crippen molar-refractivity contribution in [2.24, 2.45) is 5.73 Å². The highest BCUT2D eigenvalue weighted by atomic mass is 15.4. The molecule has 3 rings (SSSR count). The lowest BCUT2D eigenvalue weighted by Gasteiger charge is -2.29. The molecule has 2 aromatic rings. The van der Waals surface area contributed by atoms with Gasteiger partial charge in [-0.15, -0.1) is 5.10 Å². The van der Waals surface area contributed by atoms with Crippen LogP contribution in [0.1, 0.15) is 35.4 Å². The molecule has 0 amide bonds. The van der Waals surface area contributed by atoms with Gasteiger partial charge in [0.25, 0.3) is 0 Å². The third-order valence-corrected chi connectivity index (χ3v) is 4.20. The molecule has 1 aliphatic heterocycles. The molecule has 0 aliphatic carbocycles. The van der Waals surface area contributed by atoms with E-state index >= 15 is 0 Å². The van der Waals surface area contributed by atoms with Crippen molar-refractivity contribution in [3.63, 3.8) is 0 Å². The zero-order chi connectivity index (χ0) is 14.8. The lowest BCUT2D eigenvalue weighted by Crippen LogP contribution is -2.43. The molecule has 21 heavy (non-hydrogen) atoms. The summed E-state index contributed by atoms with van der Waals surface area (Å²) in [5, 5.41) is 7.40. The molecule has 112 valence electrons. The van der Waals surface area contributed by atoms with Crippen molar-refractivity contribution < 1.29 is 0 Å². The van der Waals surface area contributed by atoms with Gasteiger partial charge >= 0.3 is 0 Å². The molecule has 1 aromatic heterocycles. The Morgan fingerprint density at radius 2 is 2.19 bits per heavy atom. The zero-order valence-corrected chi connectivity index (χ0v) is 12.8. The van der Waals surface area contributed by atoms with Crippen molar-refractivity contribution in [3.8, 4) is 0 Å². The van der Waals surface area contributed by atoms with Crippen LogP contribution < -0.4 is 10.6 Å². The Morgan fingerprint density at radius 3 is 2.95 bits per heavy atom. The summed E-state index contributed by atoms with van der Waals surface area (Å²) in [5.41, 5.74) is 9.91. The van der Waals surface area contributed by atoms with E-state index in [0.717, 1.165) is 44.1 Å². The number of hydrogen-bond acceptors (Lipinski definition) is 4. The fraction of sp³-hybridized carbons (Fsp3) is 0.500. The van der Waals surface area contributed by atoms with Crippen LogP contribution in [-0.4, -0.2) is 34.3 Å². The summed E-state index contributed by atoms with van der Waals surface area (Å²) >= 11 is 0. The summed E-state index contributed by atoms with van der Waals surface area (Å²) in [6, 6.07) is 6.77. The Bertz CT molecular complexity index is 619. The molecular weight excluding hydrogens is 262 g/mol. The fourth-order valence-corrected chi connectivity index (χ4v) is 2.80. The number of hydrogen-bond donors (Lipinski definition) is 2. The molecule has 0 spiro atoms. The van der Waals surface area contributed by atoms with Crippen molar-refractivity contribution in [2.45, 2.75) is 39.2 Å². The largest absolute Gasteiger partial charge is 0.338 e. The molecule has 1 fully saturated rings. The average molecular weight is 285 g/mol. The lowest BCUT2D eigenvalue weighted by atomic mass is 10.0. The van der Waals surface area contributed by atoms with E-state index in [1.807, 2.05) is 0 Å². The van der Waals surface area contributed by atoms with Gasteiger partial charge in [-0.3, -0.25) is 5.10 Å². The number of nitrogens with one attached hydrogen (secondary N) is 1. The smallest absolute Gasteiger partial charge is 0.244 e. The van der Waals surface area contributed by atoms with E-state index in [1.54, 1.807) is 0 Å². The van der Waals surface area contributed by atoms with Gasteiger partial charge in [-0.2, -0.15) is 4.98 Å². The van der Waals surface area contributed by atoms with Crippen molar-refractivity contribution in [2.75, 3.05) is 18.0 Å². The maximum atomic E-state index is 6.02. The molecule has 2 heterocycles. The standard InChI is InChI=1S/C16H23N5/c1-11-5-6-13(8-12(11)2)9-15-18-16(20-19-15)21-7-3-4-14(17)10-21/h5-6,8,14H,3-4,7,9-10,17H2,1-2H3,(H,18,19,20). The SMILES string of the molecule is Cc1ccc(Cc2nc(N3CCCC(N)C3)n[nH]2)cc1C. The van der Waals surface area contributed by atoms with Crippen molar-refractivity contribution in [1.82, 2.24) is 15.2 Å². The van der Waals surface area contributed by atoms with Gasteiger partial charge in [0.2, 0.25) is 5.95 Å². The minimum Gasteiger partial charge on any atom is -0.338 e. The van der Waals surface area contributed by atoms with Crippen LogP contribution in [0.15, 0.2) is 18.2 Å². The number of benzene rings is 1. The van der Waals surface area contributed by atoms with Crippen LogP contribution in [-0.2, 0) is 6.42 Å². The van der Waals surface area contributed by atoms with E-state index in [1.165, 1.54) is 16.7 Å². The minimum atomic E-state index is 0.237. The highest BCUT2D eigenvalue weighted by Gasteiger charge is 2.20.